The molecule has 4 nitrogen and oxygen atoms in total. The van der Waals surface area contributed by atoms with Gasteiger partial charge in [0, 0.05) is 0 Å². The van der Waals surface area contributed by atoms with Crippen LogP contribution in [0.3, 0.4) is 0 Å². The van der Waals surface area contributed by atoms with Crippen molar-refractivity contribution < 1.29 is 19.1 Å². The standard InChI is InChI=1S/C20H28O4/c21-19-15-11-7-3-1-5-9-13-17-16(20(22)23-17)12-8-4-2-6-10-14-18(15)24-19/h13-16H,1-12H2/b17-13-,18-14-. The number of hydrogen-bond acceptors (Lipinski definition) is 4. The lowest BCUT2D eigenvalue weighted by Gasteiger charge is -2.28. The molecule has 3 aliphatic rings. The highest BCUT2D eigenvalue weighted by molar-refractivity contribution is 5.83. The quantitative estimate of drug-likeness (QED) is 0.598. The van der Waals surface area contributed by atoms with E-state index in [9.17, 15) is 9.59 Å². The minimum atomic E-state index is -0.0433. The van der Waals surface area contributed by atoms with Gasteiger partial charge in [-0.2, -0.15) is 0 Å². The molecule has 0 N–H and O–H groups in total. The topological polar surface area (TPSA) is 52.6 Å². The van der Waals surface area contributed by atoms with Gasteiger partial charge in [-0.25, -0.2) is 0 Å². The van der Waals surface area contributed by atoms with Crippen LogP contribution in [0.15, 0.2) is 23.7 Å². The zero-order valence-electron chi connectivity index (χ0n) is 14.4. The first-order valence-electron chi connectivity index (χ1n) is 9.59. The Bertz CT molecular complexity index is 484. The van der Waals surface area contributed by atoms with Gasteiger partial charge in [-0.05, 0) is 50.7 Å². The number of fused-ring (bicyclic) bond motifs is 2. The lowest BCUT2D eigenvalue weighted by atomic mass is 9.92. The summed E-state index contributed by atoms with van der Waals surface area (Å²) in [7, 11) is 0. The summed E-state index contributed by atoms with van der Waals surface area (Å²) < 4.78 is 10.4. The highest BCUT2D eigenvalue weighted by Crippen LogP contribution is 2.33. The number of carbonyl (C=O) groups excluding carboxylic acids is 2. The molecule has 24 heavy (non-hydrogen) atoms. The van der Waals surface area contributed by atoms with Gasteiger partial charge in [-0.15, -0.1) is 0 Å². The predicted molar refractivity (Wildman–Crippen MR) is 90.7 cm³/mol. The fourth-order valence-electron chi connectivity index (χ4n) is 3.70. The maximum absolute atomic E-state index is 11.6. The fourth-order valence-corrected chi connectivity index (χ4v) is 3.70. The van der Waals surface area contributed by atoms with Crippen LogP contribution in [0.5, 0.6) is 0 Å². The summed E-state index contributed by atoms with van der Waals surface area (Å²) in [6.45, 7) is 0. The molecule has 2 unspecified atom stereocenters. The molecule has 0 aromatic rings. The van der Waals surface area contributed by atoms with E-state index in [1.54, 1.807) is 0 Å². The van der Waals surface area contributed by atoms with Gasteiger partial charge < -0.3 is 9.47 Å². The van der Waals surface area contributed by atoms with Gasteiger partial charge in [0.05, 0.1) is 0 Å². The average Bonchev–Trinajstić information content (AvgIpc) is 2.56. The normalized spacial score (nSPS) is 34.2. The molecule has 2 atom stereocenters. The molecule has 132 valence electrons. The van der Waals surface area contributed by atoms with E-state index < -0.39 is 0 Å². The van der Waals surface area contributed by atoms with Crippen molar-refractivity contribution in [2.45, 2.75) is 77.0 Å². The van der Waals surface area contributed by atoms with Gasteiger partial charge >= 0.3 is 11.9 Å². The molecule has 0 bridgehead atoms. The van der Waals surface area contributed by atoms with E-state index >= 15 is 0 Å². The third kappa shape index (κ3) is 4.28. The van der Waals surface area contributed by atoms with Crippen LogP contribution in [0.1, 0.15) is 77.0 Å². The summed E-state index contributed by atoms with van der Waals surface area (Å²) in [6, 6.07) is 0. The molecular weight excluding hydrogens is 304 g/mol. The molecule has 0 spiro atoms. The Balaban J connectivity index is 1.49. The van der Waals surface area contributed by atoms with Crippen LogP contribution >= 0.6 is 0 Å². The molecule has 2 saturated heterocycles. The monoisotopic (exact) mass is 332 g/mol. The van der Waals surface area contributed by atoms with Crippen LogP contribution < -0.4 is 0 Å². The number of allylic oxidation sites excluding steroid dienone is 2. The summed E-state index contributed by atoms with van der Waals surface area (Å²) in [6.07, 6.45) is 17.0. The zero-order chi connectivity index (χ0) is 16.8. The van der Waals surface area contributed by atoms with E-state index in [4.69, 9.17) is 9.47 Å². The van der Waals surface area contributed by atoms with Gasteiger partial charge in [-0.1, -0.05) is 38.5 Å². The Morgan fingerprint density at radius 3 is 1.46 bits per heavy atom. The maximum Gasteiger partial charge on any atom is 0.321 e. The predicted octanol–water partition coefficient (Wildman–Crippen LogP) is 4.80. The highest BCUT2D eigenvalue weighted by Gasteiger charge is 2.37. The van der Waals surface area contributed by atoms with Crippen molar-refractivity contribution in [1.29, 1.82) is 0 Å². The number of carbonyl (C=O) groups is 2. The molecule has 1 aliphatic carbocycles. The second-order valence-electron chi connectivity index (χ2n) is 7.14. The number of rotatable bonds is 0. The van der Waals surface area contributed by atoms with Crippen molar-refractivity contribution in [2.24, 2.45) is 11.8 Å². The summed E-state index contributed by atoms with van der Waals surface area (Å²) in [5.74, 6) is 1.79. The van der Waals surface area contributed by atoms with Crippen molar-refractivity contribution in [3.8, 4) is 0 Å². The number of esters is 2. The van der Waals surface area contributed by atoms with Crippen LogP contribution in [-0.2, 0) is 19.1 Å². The van der Waals surface area contributed by atoms with E-state index in [-0.39, 0.29) is 23.8 Å². The minimum absolute atomic E-state index is 0.0288. The van der Waals surface area contributed by atoms with E-state index in [0.29, 0.717) is 0 Å². The van der Waals surface area contributed by atoms with Gasteiger partial charge in [0.15, 0.2) is 0 Å². The third-order valence-electron chi connectivity index (χ3n) is 5.28. The van der Waals surface area contributed by atoms with Crippen LogP contribution in [-0.4, -0.2) is 11.9 Å². The van der Waals surface area contributed by atoms with E-state index in [1.165, 1.54) is 0 Å². The molecule has 4 heteroatoms. The smallest absolute Gasteiger partial charge is 0.321 e. The fraction of sp³-hybridized carbons (Fsp3) is 0.700. The summed E-state index contributed by atoms with van der Waals surface area (Å²) in [4.78, 5) is 23.2. The molecule has 3 rings (SSSR count). The molecule has 0 aromatic heterocycles. The first kappa shape index (κ1) is 17.2. The van der Waals surface area contributed by atoms with Gasteiger partial charge in [-0.3, -0.25) is 9.59 Å². The maximum atomic E-state index is 11.6. The average molecular weight is 332 g/mol. The lowest BCUT2D eigenvalue weighted by Crippen LogP contribution is -2.32. The molecule has 0 saturated carbocycles. The Morgan fingerprint density at radius 2 is 1.04 bits per heavy atom. The van der Waals surface area contributed by atoms with Crippen LogP contribution in [0.2, 0.25) is 0 Å². The van der Waals surface area contributed by atoms with Gasteiger partial charge in [0.25, 0.3) is 0 Å². The highest BCUT2D eigenvalue weighted by atomic mass is 16.6. The Labute approximate surface area is 144 Å². The molecule has 0 amide bonds. The second kappa shape index (κ2) is 8.50. The lowest BCUT2D eigenvalue weighted by molar-refractivity contribution is -0.158. The van der Waals surface area contributed by atoms with E-state index in [2.05, 4.69) is 12.2 Å². The minimum Gasteiger partial charge on any atom is -0.430 e. The summed E-state index contributed by atoms with van der Waals surface area (Å²) in [5, 5.41) is 0. The third-order valence-corrected chi connectivity index (χ3v) is 5.28. The molecule has 2 heterocycles. The summed E-state index contributed by atoms with van der Waals surface area (Å²) in [5.41, 5.74) is 0. The molecule has 2 fully saturated rings. The van der Waals surface area contributed by atoms with Crippen molar-refractivity contribution in [2.75, 3.05) is 0 Å². The van der Waals surface area contributed by atoms with Gasteiger partial charge in [0.1, 0.15) is 23.4 Å². The van der Waals surface area contributed by atoms with Crippen molar-refractivity contribution >= 4 is 11.9 Å². The molecule has 2 aliphatic heterocycles. The van der Waals surface area contributed by atoms with Crippen LogP contribution in [0, 0.1) is 11.8 Å². The Morgan fingerprint density at radius 1 is 0.625 bits per heavy atom. The van der Waals surface area contributed by atoms with Crippen molar-refractivity contribution in [3.63, 3.8) is 0 Å². The number of hydrogen-bond donors (Lipinski definition) is 0. The summed E-state index contributed by atoms with van der Waals surface area (Å²) >= 11 is 0. The first-order chi connectivity index (χ1) is 11.8. The molecule has 0 aromatic carbocycles. The second-order valence-corrected chi connectivity index (χ2v) is 7.14. The Kier molecular flexibility index (Phi) is 6.11. The molecule has 0 radical (unpaired) electrons. The SMILES string of the molecule is O=C1O/C2=C\CCCCCCC3C(=O)O/C3=C\CCCCCCC12. The van der Waals surface area contributed by atoms with E-state index in [1.807, 2.05) is 0 Å². The van der Waals surface area contributed by atoms with Crippen LogP contribution in [0.25, 0.3) is 0 Å². The molecular formula is C20H28O4. The Hall–Kier alpha value is -1.58. The van der Waals surface area contributed by atoms with Crippen molar-refractivity contribution in [1.82, 2.24) is 0 Å². The first-order valence-corrected chi connectivity index (χ1v) is 9.59. The zero-order valence-corrected chi connectivity index (χ0v) is 14.4. The number of ether oxygens (including phenoxy) is 2. The van der Waals surface area contributed by atoms with Gasteiger partial charge in [0.2, 0.25) is 0 Å². The van der Waals surface area contributed by atoms with Crippen LogP contribution in [0.4, 0.5) is 0 Å². The van der Waals surface area contributed by atoms with Crippen molar-refractivity contribution in [3.05, 3.63) is 23.7 Å². The van der Waals surface area contributed by atoms with E-state index in [0.717, 1.165) is 88.6 Å². The largest absolute Gasteiger partial charge is 0.430 e.